The number of aryl methyl sites for hydroxylation is 2. The van der Waals surface area contributed by atoms with Gasteiger partial charge in [-0.25, -0.2) is 0 Å². The molecular weight excluding hydrogens is 426 g/mol. The molecule has 2 amide bonds. The molecule has 152 valence electrons. The number of carbonyl (C=O) groups excluding carboxylic acids is 2. The number of nitrogens with one attached hydrogen (secondary N) is 2. The predicted octanol–water partition coefficient (Wildman–Crippen LogP) is 4.30. The van der Waals surface area contributed by atoms with Gasteiger partial charge in [0.2, 0.25) is 11.0 Å². The summed E-state index contributed by atoms with van der Waals surface area (Å²) in [4.78, 5) is 23.5. The second-order valence-electron chi connectivity index (χ2n) is 6.02. The van der Waals surface area contributed by atoms with E-state index in [-0.39, 0.29) is 11.7 Å². The first-order valence-corrected chi connectivity index (χ1v) is 11.7. The maximum absolute atomic E-state index is 12.2. The number of nitrogens with zero attached hydrogens (tertiary/aromatic N) is 2. The molecule has 0 spiro atoms. The third-order valence-corrected chi connectivity index (χ3v) is 6.95. The number of thioether (sulfide) groups is 1. The number of hydrogen-bond donors (Lipinski definition) is 3. The lowest BCUT2D eigenvalue weighted by Gasteiger charge is -2.13. The fourth-order valence-electron chi connectivity index (χ4n) is 2.72. The Morgan fingerprint density at radius 3 is 2.52 bits per heavy atom. The van der Waals surface area contributed by atoms with E-state index in [1.54, 1.807) is 11.4 Å². The molecule has 0 bridgehead atoms. The Balaban J connectivity index is 1.60. The summed E-state index contributed by atoms with van der Waals surface area (Å²) in [7, 11) is 0. The molecule has 0 radical (unpaired) electrons. The summed E-state index contributed by atoms with van der Waals surface area (Å²) in [5, 5.41) is 17.3. The molecule has 3 rings (SSSR count). The summed E-state index contributed by atoms with van der Waals surface area (Å²) in [6.45, 7) is 4.24. The summed E-state index contributed by atoms with van der Waals surface area (Å²) >= 11 is 3.96. The molecule has 2 aromatic heterocycles. The normalized spacial score (nSPS) is 10.7. The van der Waals surface area contributed by atoms with Gasteiger partial charge >= 0.3 is 0 Å². The zero-order valence-corrected chi connectivity index (χ0v) is 18.5. The smallest absolute Gasteiger partial charge is 0.251 e. The highest BCUT2D eigenvalue weighted by molar-refractivity contribution is 8.01. The van der Waals surface area contributed by atoms with Gasteiger partial charge in [-0.1, -0.05) is 55.1 Å². The Labute approximate surface area is 181 Å². The largest absolute Gasteiger partial charge is 0.366 e. The third-order valence-electron chi connectivity index (χ3n) is 4.15. The molecule has 10 heteroatoms. The van der Waals surface area contributed by atoms with Gasteiger partial charge in [0.05, 0.1) is 11.3 Å². The summed E-state index contributed by atoms with van der Waals surface area (Å²) < 4.78 is 0.691. The number of benzene rings is 1. The molecule has 29 heavy (non-hydrogen) atoms. The van der Waals surface area contributed by atoms with Crippen LogP contribution in [0.4, 0.5) is 15.8 Å². The van der Waals surface area contributed by atoms with Crippen LogP contribution in [0.1, 0.15) is 35.3 Å². The van der Waals surface area contributed by atoms with E-state index in [4.69, 9.17) is 5.73 Å². The molecule has 0 aliphatic heterocycles. The number of nitrogens with two attached hydrogens (primary N) is 1. The van der Waals surface area contributed by atoms with Gasteiger partial charge in [-0.3, -0.25) is 9.59 Å². The van der Waals surface area contributed by atoms with E-state index in [1.165, 1.54) is 45.6 Å². The van der Waals surface area contributed by atoms with E-state index in [1.807, 2.05) is 0 Å². The fraction of sp³-hybridized carbons (Fsp3) is 0.263. The number of anilines is 3. The van der Waals surface area contributed by atoms with Crippen LogP contribution >= 0.6 is 34.4 Å². The van der Waals surface area contributed by atoms with Crippen LogP contribution in [0, 0.1) is 0 Å². The third kappa shape index (κ3) is 5.34. The Kier molecular flexibility index (Phi) is 7.24. The molecule has 0 fully saturated rings. The van der Waals surface area contributed by atoms with Crippen LogP contribution in [0.25, 0.3) is 0 Å². The lowest BCUT2D eigenvalue weighted by atomic mass is 10.0. The van der Waals surface area contributed by atoms with E-state index in [0.29, 0.717) is 20.0 Å². The van der Waals surface area contributed by atoms with Gasteiger partial charge < -0.3 is 16.4 Å². The molecule has 4 N–H and O–H groups in total. The highest BCUT2D eigenvalue weighted by Gasteiger charge is 2.14. The van der Waals surface area contributed by atoms with Gasteiger partial charge in [-0.15, -0.1) is 21.5 Å². The molecule has 0 aliphatic carbocycles. The van der Waals surface area contributed by atoms with Crippen LogP contribution in [0.3, 0.4) is 0 Å². The minimum Gasteiger partial charge on any atom is -0.366 e. The molecule has 2 heterocycles. The summed E-state index contributed by atoms with van der Waals surface area (Å²) in [5.41, 5.74) is 9.16. The molecular formula is C19H21N5O2S3. The van der Waals surface area contributed by atoms with E-state index in [9.17, 15) is 9.59 Å². The van der Waals surface area contributed by atoms with Crippen molar-refractivity contribution in [2.75, 3.05) is 16.4 Å². The van der Waals surface area contributed by atoms with E-state index >= 15 is 0 Å². The number of para-hydroxylation sites is 1. The van der Waals surface area contributed by atoms with Crippen molar-refractivity contribution in [3.63, 3.8) is 0 Å². The number of thiophene rings is 1. The Morgan fingerprint density at radius 1 is 1.14 bits per heavy atom. The van der Waals surface area contributed by atoms with Crippen molar-refractivity contribution in [1.29, 1.82) is 0 Å². The number of aromatic nitrogens is 2. The van der Waals surface area contributed by atoms with Crippen LogP contribution in [0.2, 0.25) is 0 Å². The lowest BCUT2D eigenvalue weighted by Crippen LogP contribution is -2.17. The first-order valence-electron chi connectivity index (χ1n) is 9.03. The van der Waals surface area contributed by atoms with Crippen LogP contribution in [0.15, 0.2) is 34.0 Å². The Bertz CT molecular complexity index is 993. The van der Waals surface area contributed by atoms with Gasteiger partial charge in [0.1, 0.15) is 5.00 Å². The minimum atomic E-state index is -0.562. The Morgan fingerprint density at radius 2 is 1.86 bits per heavy atom. The molecule has 0 atom stereocenters. The topological polar surface area (TPSA) is 110 Å². The zero-order valence-electron chi connectivity index (χ0n) is 16.0. The molecule has 7 nitrogen and oxygen atoms in total. The van der Waals surface area contributed by atoms with Crippen molar-refractivity contribution < 1.29 is 9.59 Å². The van der Waals surface area contributed by atoms with Crippen LogP contribution in [0.5, 0.6) is 0 Å². The van der Waals surface area contributed by atoms with Crippen molar-refractivity contribution in [1.82, 2.24) is 10.2 Å². The first kappa shape index (κ1) is 21.3. The maximum Gasteiger partial charge on any atom is 0.251 e. The summed E-state index contributed by atoms with van der Waals surface area (Å²) in [6.07, 6.45) is 1.85. The van der Waals surface area contributed by atoms with Crippen LogP contribution in [-0.4, -0.2) is 27.8 Å². The van der Waals surface area contributed by atoms with Gasteiger partial charge in [-0.05, 0) is 35.4 Å². The number of amides is 2. The lowest BCUT2D eigenvalue weighted by molar-refractivity contribution is -0.113. The van der Waals surface area contributed by atoms with Gasteiger partial charge in [0.25, 0.3) is 5.91 Å². The number of hydrogen-bond acceptors (Lipinski definition) is 8. The highest BCUT2D eigenvalue weighted by atomic mass is 32.2. The van der Waals surface area contributed by atoms with Crippen molar-refractivity contribution >= 4 is 62.1 Å². The molecule has 1 aromatic carbocycles. The first-order chi connectivity index (χ1) is 14.0. The summed E-state index contributed by atoms with van der Waals surface area (Å²) in [6, 6.07) is 7.87. The van der Waals surface area contributed by atoms with Crippen molar-refractivity contribution in [3.8, 4) is 0 Å². The number of rotatable bonds is 9. The van der Waals surface area contributed by atoms with E-state index < -0.39 is 5.91 Å². The second-order valence-corrected chi connectivity index (χ2v) is 9.14. The quantitative estimate of drug-likeness (QED) is 0.422. The van der Waals surface area contributed by atoms with Crippen LogP contribution in [-0.2, 0) is 17.6 Å². The number of primary amides is 1. The predicted molar refractivity (Wildman–Crippen MR) is 121 cm³/mol. The standard InChI is InChI=1S/C19H21N5O2S3/c1-3-11-6-5-7-12(4-2)15(11)22-18-23-24-19(29-18)28-10-14(25)21-17-13(16(20)26)8-9-27-17/h5-9H,3-4,10H2,1-2H3,(H2,20,26)(H,21,25)(H,22,23). The van der Waals surface area contributed by atoms with Crippen molar-refractivity contribution in [3.05, 3.63) is 46.3 Å². The zero-order chi connectivity index (χ0) is 20.8. The number of carbonyl (C=O) groups is 2. The minimum absolute atomic E-state index is 0.163. The van der Waals surface area contributed by atoms with Gasteiger partial charge in [0, 0.05) is 5.69 Å². The van der Waals surface area contributed by atoms with Crippen LogP contribution < -0.4 is 16.4 Å². The monoisotopic (exact) mass is 447 g/mol. The van der Waals surface area contributed by atoms with Crippen molar-refractivity contribution in [2.45, 2.75) is 31.0 Å². The Hall–Kier alpha value is -2.43. The maximum atomic E-state index is 12.2. The average molecular weight is 448 g/mol. The summed E-state index contributed by atoms with van der Waals surface area (Å²) in [5.74, 6) is -0.627. The van der Waals surface area contributed by atoms with E-state index in [2.05, 4.69) is 52.9 Å². The SMILES string of the molecule is CCc1cccc(CC)c1Nc1nnc(SCC(=O)Nc2sccc2C(N)=O)s1. The molecule has 0 aliphatic rings. The molecule has 0 saturated carbocycles. The molecule has 0 saturated heterocycles. The average Bonchev–Trinajstić information content (AvgIpc) is 3.36. The van der Waals surface area contributed by atoms with Gasteiger partial charge in [0.15, 0.2) is 4.34 Å². The highest BCUT2D eigenvalue weighted by Crippen LogP contribution is 2.31. The molecule has 0 unspecified atom stereocenters. The second kappa shape index (κ2) is 9.86. The fourth-order valence-corrected chi connectivity index (χ4v) is 5.08. The van der Waals surface area contributed by atoms with Gasteiger partial charge in [-0.2, -0.15) is 0 Å². The molecule has 3 aromatic rings. The van der Waals surface area contributed by atoms with E-state index in [0.717, 1.165) is 18.5 Å². The van der Waals surface area contributed by atoms with Crippen molar-refractivity contribution in [2.24, 2.45) is 5.73 Å².